The van der Waals surface area contributed by atoms with Crippen molar-refractivity contribution in [2.45, 2.75) is 57.5 Å². The maximum absolute atomic E-state index is 14.0. The van der Waals surface area contributed by atoms with Gasteiger partial charge >= 0.3 is 0 Å². The Morgan fingerprint density at radius 2 is 1.98 bits per heavy atom. The SMILES string of the molecule is C=C/C=C(\C=C/CF)SNC1CCc2ccc(N(Cc3cnc(C(C)C)nc3)C(=O)C3CC3c3ccccc3)cc21. The van der Waals surface area contributed by atoms with Crippen LogP contribution in [0.4, 0.5) is 10.1 Å². The summed E-state index contributed by atoms with van der Waals surface area (Å²) in [5.41, 5.74) is 5.49. The number of hydrogen-bond donors (Lipinski definition) is 1. The van der Waals surface area contributed by atoms with E-state index in [1.807, 2.05) is 41.6 Å². The first-order chi connectivity index (χ1) is 20.0. The molecule has 5 nitrogen and oxygen atoms in total. The van der Waals surface area contributed by atoms with Crippen LogP contribution in [0.2, 0.25) is 0 Å². The molecule has 1 N–H and O–H groups in total. The summed E-state index contributed by atoms with van der Waals surface area (Å²) in [6, 6.07) is 16.8. The molecule has 0 saturated heterocycles. The summed E-state index contributed by atoms with van der Waals surface area (Å²) in [6.07, 6.45) is 13.3. The predicted molar refractivity (Wildman–Crippen MR) is 166 cm³/mol. The third kappa shape index (κ3) is 7.03. The van der Waals surface area contributed by atoms with Crippen LogP contribution in [0, 0.1) is 5.92 Å². The Morgan fingerprint density at radius 1 is 1.20 bits per heavy atom. The van der Waals surface area contributed by atoms with E-state index in [2.05, 4.69) is 65.4 Å². The summed E-state index contributed by atoms with van der Waals surface area (Å²) in [4.78, 5) is 26.0. The van der Waals surface area contributed by atoms with Crippen LogP contribution in [0.5, 0.6) is 0 Å². The van der Waals surface area contributed by atoms with Gasteiger partial charge in [-0.05, 0) is 78.1 Å². The van der Waals surface area contributed by atoms with Gasteiger partial charge in [-0.25, -0.2) is 14.4 Å². The fourth-order valence-corrected chi connectivity index (χ4v) is 6.23. The number of halogens is 1. The number of aryl methyl sites for hydroxylation is 1. The lowest BCUT2D eigenvalue weighted by molar-refractivity contribution is -0.120. The molecule has 2 aliphatic carbocycles. The van der Waals surface area contributed by atoms with Gasteiger partial charge in [0.25, 0.3) is 0 Å². The molecule has 5 rings (SSSR count). The quantitative estimate of drug-likeness (QED) is 0.179. The molecular formula is C34H37FN4OS. The highest BCUT2D eigenvalue weighted by atomic mass is 32.2. The molecule has 0 radical (unpaired) electrons. The molecular weight excluding hydrogens is 531 g/mol. The monoisotopic (exact) mass is 568 g/mol. The summed E-state index contributed by atoms with van der Waals surface area (Å²) < 4.78 is 16.3. The highest BCUT2D eigenvalue weighted by Crippen LogP contribution is 2.49. The van der Waals surface area contributed by atoms with Crippen LogP contribution in [0.1, 0.15) is 72.6 Å². The summed E-state index contributed by atoms with van der Waals surface area (Å²) in [5.74, 6) is 1.39. The van der Waals surface area contributed by atoms with E-state index in [0.29, 0.717) is 6.54 Å². The highest BCUT2D eigenvalue weighted by molar-refractivity contribution is 8.01. The fraction of sp³-hybridized carbons (Fsp3) is 0.324. The average Bonchev–Trinajstić information content (AvgIpc) is 3.70. The molecule has 3 unspecified atom stereocenters. The smallest absolute Gasteiger partial charge is 0.231 e. The Kier molecular flexibility index (Phi) is 9.47. The molecule has 1 heterocycles. The molecule has 1 amide bonds. The van der Waals surface area contributed by atoms with Gasteiger partial charge in [0, 0.05) is 46.4 Å². The largest absolute Gasteiger partial charge is 0.308 e. The number of benzene rings is 2. The Labute approximate surface area is 246 Å². The number of aromatic nitrogens is 2. The van der Waals surface area contributed by atoms with E-state index in [4.69, 9.17) is 0 Å². The summed E-state index contributed by atoms with van der Waals surface area (Å²) in [7, 11) is 0. The van der Waals surface area contributed by atoms with Crippen LogP contribution in [0.15, 0.2) is 96.7 Å². The number of nitrogens with one attached hydrogen (secondary N) is 1. The Balaban J connectivity index is 1.40. The number of fused-ring (bicyclic) bond motifs is 1. The van der Waals surface area contributed by atoms with E-state index >= 15 is 0 Å². The molecule has 3 atom stereocenters. The number of hydrogen-bond acceptors (Lipinski definition) is 5. The fourth-order valence-electron chi connectivity index (χ4n) is 5.38. The van der Waals surface area contributed by atoms with Crippen molar-refractivity contribution < 1.29 is 9.18 Å². The number of rotatable bonds is 12. The number of anilines is 1. The standard InChI is InChI=1S/C34H37FN4OS/c1-4-9-28(12-8-17-35)41-38-32-16-14-26-13-15-27(18-30(26)32)39(22-24-20-36-33(23(2)3)37-21-24)34(40)31-19-29(31)25-10-6-5-7-11-25/h4-13,15,18,20-21,23,29,31-32,38H,1,14,16-17,19,22H2,2-3H3/b12-8-,28-9+. The van der Waals surface area contributed by atoms with Crippen LogP contribution in [0.25, 0.3) is 0 Å². The van der Waals surface area contributed by atoms with E-state index in [0.717, 1.165) is 41.2 Å². The number of allylic oxidation sites excluding steroid dienone is 4. The van der Waals surface area contributed by atoms with Crippen molar-refractivity contribution >= 4 is 23.5 Å². The van der Waals surface area contributed by atoms with Crippen molar-refractivity contribution in [3.05, 3.63) is 125 Å². The van der Waals surface area contributed by atoms with Gasteiger partial charge < -0.3 is 4.90 Å². The minimum Gasteiger partial charge on any atom is -0.308 e. The number of alkyl halides is 1. The van der Waals surface area contributed by atoms with Crippen LogP contribution in [-0.4, -0.2) is 22.5 Å². The Morgan fingerprint density at radius 3 is 2.68 bits per heavy atom. The maximum atomic E-state index is 14.0. The zero-order valence-corrected chi connectivity index (χ0v) is 24.5. The second-order valence-electron chi connectivity index (χ2n) is 10.9. The van der Waals surface area contributed by atoms with E-state index in [1.54, 1.807) is 12.2 Å². The van der Waals surface area contributed by atoms with Gasteiger partial charge in [-0.2, -0.15) is 0 Å². The Bertz CT molecular complexity index is 1420. The average molecular weight is 569 g/mol. The van der Waals surface area contributed by atoms with Crippen molar-refractivity contribution in [2.75, 3.05) is 11.6 Å². The second kappa shape index (κ2) is 13.4. The van der Waals surface area contributed by atoms with Crippen molar-refractivity contribution in [3.63, 3.8) is 0 Å². The number of nitrogens with zero attached hydrogens (tertiary/aromatic N) is 3. The first-order valence-electron chi connectivity index (χ1n) is 14.3. The van der Waals surface area contributed by atoms with E-state index in [-0.39, 0.29) is 29.7 Å². The van der Waals surface area contributed by atoms with Gasteiger partial charge in [0.2, 0.25) is 5.91 Å². The molecule has 1 fully saturated rings. The molecule has 41 heavy (non-hydrogen) atoms. The third-order valence-corrected chi connectivity index (χ3v) is 8.59. The number of carbonyl (C=O) groups excluding carboxylic acids is 1. The molecule has 212 valence electrons. The van der Waals surface area contributed by atoms with Crippen molar-refractivity contribution in [1.29, 1.82) is 0 Å². The zero-order valence-electron chi connectivity index (χ0n) is 23.7. The highest BCUT2D eigenvalue weighted by Gasteiger charge is 2.46. The first kappa shape index (κ1) is 29.0. The van der Waals surface area contributed by atoms with E-state index in [1.165, 1.54) is 34.7 Å². The van der Waals surface area contributed by atoms with Crippen LogP contribution in [0.3, 0.4) is 0 Å². The van der Waals surface area contributed by atoms with Crippen LogP contribution in [-0.2, 0) is 17.8 Å². The molecule has 0 aliphatic heterocycles. The normalized spacial score (nSPS) is 19.9. The summed E-state index contributed by atoms with van der Waals surface area (Å²) in [6.45, 7) is 7.83. The molecule has 1 aromatic heterocycles. The minimum atomic E-state index is -0.508. The minimum absolute atomic E-state index is 0.0418. The van der Waals surface area contributed by atoms with Gasteiger partial charge in [-0.15, -0.1) is 0 Å². The molecule has 2 aliphatic rings. The van der Waals surface area contributed by atoms with Gasteiger partial charge in [0.05, 0.1) is 6.54 Å². The lowest BCUT2D eigenvalue weighted by Gasteiger charge is -2.25. The number of carbonyl (C=O) groups is 1. The lowest BCUT2D eigenvalue weighted by Crippen LogP contribution is -2.32. The Hall–Kier alpha value is -3.55. The van der Waals surface area contributed by atoms with E-state index < -0.39 is 6.67 Å². The molecule has 0 spiro atoms. The first-order valence-corrected chi connectivity index (χ1v) is 15.1. The molecule has 1 saturated carbocycles. The molecule has 2 aromatic carbocycles. The summed E-state index contributed by atoms with van der Waals surface area (Å²) >= 11 is 1.48. The third-order valence-electron chi connectivity index (χ3n) is 7.68. The van der Waals surface area contributed by atoms with Crippen LogP contribution < -0.4 is 9.62 Å². The zero-order chi connectivity index (χ0) is 28.8. The molecule has 3 aromatic rings. The maximum Gasteiger partial charge on any atom is 0.231 e. The number of amides is 1. The van der Waals surface area contributed by atoms with Crippen LogP contribution >= 0.6 is 11.9 Å². The second-order valence-corrected chi connectivity index (χ2v) is 11.9. The van der Waals surface area contributed by atoms with Crippen molar-refractivity contribution in [3.8, 4) is 0 Å². The van der Waals surface area contributed by atoms with Crippen molar-refractivity contribution in [1.82, 2.24) is 14.7 Å². The molecule has 7 heteroatoms. The van der Waals surface area contributed by atoms with Gasteiger partial charge in [-0.1, -0.05) is 69.0 Å². The van der Waals surface area contributed by atoms with Crippen molar-refractivity contribution in [2.24, 2.45) is 5.92 Å². The van der Waals surface area contributed by atoms with Gasteiger partial charge in [0.15, 0.2) is 0 Å². The predicted octanol–water partition coefficient (Wildman–Crippen LogP) is 7.76. The van der Waals surface area contributed by atoms with E-state index in [9.17, 15) is 9.18 Å². The van der Waals surface area contributed by atoms with Gasteiger partial charge in [0.1, 0.15) is 12.5 Å². The molecule has 0 bridgehead atoms. The lowest BCUT2D eigenvalue weighted by atomic mass is 10.1. The van der Waals surface area contributed by atoms with Gasteiger partial charge in [-0.3, -0.25) is 9.52 Å². The summed E-state index contributed by atoms with van der Waals surface area (Å²) in [5, 5.41) is 0. The topological polar surface area (TPSA) is 58.1 Å².